The summed E-state index contributed by atoms with van der Waals surface area (Å²) in [5, 5.41) is 20.4. The number of phenolic OH excluding ortho intramolecular Hbond substituents is 1. The first-order valence-electron chi connectivity index (χ1n) is 5.60. The van der Waals surface area contributed by atoms with Gasteiger partial charge in [-0.05, 0) is 6.92 Å². The zero-order chi connectivity index (χ0) is 15.1. The van der Waals surface area contributed by atoms with Crippen LogP contribution in [0, 0.1) is 22.0 Å². The van der Waals surface area contributed by atoms with Crippen LogP contribution in [0.25, 0.3) is 0 Å². The lowest BCUT2D eigenvalue weighted by Crippen LogP contribution is -2.01. The lowest BCUT2D eigenvalue weighted by Gasteiger charge is -2.01. The molecule has 0 fully saturated rings. The van der Waals surface area contributed by atoms with Crippen LogP contribution in [0.3, 0.4) is 0 Å². The predicted molar refractivity (Wildman–Crippen MR) is 68.3 cm³/mol. The number of aromatic hydroxyl groups is 1. The molecule has 20 heavy (non-hydrogen) atoms. The molecule has 1 rings (SSSR count). The number of nitro benzene ring substituents is 1. The highest BCUT2D eigenvalue weighted by Crippen LogP contribution is 2.26. The van der Waals surface area contributed by atoms with Gasteiger partial charge in [0.1, 0.15) is 12.2 Å². The van der Waals surface area contributed by atoms with E-state index in [4.69, 9.17) is 0 Å². The number of phenols is 1. The van der Waals surface area contributed by atoms with Gasteiger partial charge in [-0.15, -0.1) is 0 Å². The number of carbonyl (C=O) groups excluding carboxylic acids is 2. The Balaban J connectivity index is 3.08. The zero-order valence-electron chi connectivity index (χ0n) is 10.6. The molecule has 0 aliphatic heterocycles. The lowest BCUT2D eigenvalue weighted by molar-refractivity contribution is -0.384. The minimum absolute atomic E-state index is 0.0920. The van der Waals surface area contributed by atoms with E-state index in [-0.39, 0.29) is 29.8 Å². The molecule has 0 aliphatic rings. The number of nitro groups is 1. The largest absolute Gasteiger partial charge is 0.506 e. The molecule has 0 aliphatic carbocycles. The minimum atomic E-state index is -0.705. The number of esters is 1. The van der Waals surface area contributed by atoms with Gasteiger partial charge in [-0.25, -0.2) is 0 Å². The third-order valence-corrected chi connectivity index (χ3v) is 2.22. The third-order valence-electron chi connectivity index (χ3n) is 2.22. The summed E-state index contributed by atoms with van der Waals surface area (Å²) in [5.74, 6) is 3.83. The first kappa shape index (κ1) is 15.2. The Morgan fingerprint density at radius 1 is 1.55 bits per heavy atom. The van der Waals surface area contributed by atoms with E-state index in [1.54, 1.807) is 6.92 Å². The number of rotatable bonds is 4. The van der Waals surface area contributed by atoms with Gasteiger partial charge in [0, 0.05) is 12.1 Å². The van der Waals surface area contributed by atoms with Crippen molar-refractivity contribution in [1.82, 2.24) is 0 Å². The summed E-state index contributed by atoms with van der Waals surface area (Å²) in [6, 6.07) is 1.97. The molecule has 0 saturated carbocycles. The Kier molecular flexibility index (Phi) is 5.23. The smallest absolute Gasteiger partial charge is 0.317 e. The van der Waals surface area contributed by atoms with Crippen molar-refractivity contribution in [3.05, 3.63) is 33.4 Å². The summed E-state index contributed by atoms with van der Waals surface area (Å²) >= 11 is 0. The van der Waals surface area contributed by atoms with Crippen molar-refractivity contribution in [2.45, 2.75) is 13.3 Å². The highest BCUT2D eigenvalue weighted by molar-refractivity contribution is 5.82. The highest BCUT2D eigenvalue weighted by atomic mass is 16.6. The van der Waals surface area contributed by atoms with Crippen LogP contribution in [0.2, 0.25) is 0 Å². The second-order valence-corrected chi connectivity index (χ2v) is 3.59. The molecular formula is C13H11NO6. The number of benzene rings is 1. The maximum atomic E-state index is 11.1. The fourth-order valence-corrected chi connectivity index (χ4v) is 1.36. The van der Waals surface area contributed by atoms with Gasteiger partial charge < -0.3 is 9.84 Å². The van der Waals surface area contributed by atoms with Gasteiger partial charge in [0.05, 0.1) is 22.7 Å². The van der Waals surface area contributed by atoms with E-state index < -0.39 is 16.6 Å². The molecule has 7 nitrogen and oxygen atoms in total. The Morgan fingerprint density at radius 2 is 2.25 bits per heavy atom. The average Bonchev–Trinajstić information content (AvgIpc) is 2.40. The van der Waals surface area contributed by atoms with E-state index in [0.717, 1.165) is 12.1 Å². The van der Waals surface area contributed by atoms with Crippen LogP contribution in [0.15, 0.2) is 12.1 Å². The fraction of sp³-hybridized carbons (Fsp3) is 0.231. The van der Waals surface area contributed by atoms with Crippen LogP contribution >= 0.6 is 0 Å². The van der Waals surface area contributed by atoms with Gasteiger partial charge in [0.15, 0.2) is 6.29 Å². The van der Waals surface area contributed by atoms with E-state index in [0.29, 0.717) is 6.29 Å². The van der Waals surface area contributed by atoms with Crippen LogP contribution in [-0.4, -0.2) is 28.9 Å². The van der Waals surface area contributed by atoms with Crippen LogP contribution < -0.4 is 0 Å². The Hall–Kier alpha value is -2.88. The molecule has 0 saturated heterocycles. The molecule has 1 aromatic carbocycles. The third kappa shape index (κ3) is 3.81. The van der Waals surface area contributed by atoms with Crippen molar-refractivity contribution in [2.24, 2.45) is 0 Å². The average molecular weight is 277 g/mol. The van der Waals surface area contributed by atoms with Gasteiger partial charge in [-0.1, -0.05) is 11.8 Å². The van der Waals surface area contributed by atoms with Gasteiger partial charge in [-0.2, -0.15) is 0 Å². The molecule has 0 aromatic heterocycles. The standard InChI is InChI=1S/C13H11NO6/c1-2-20-12(16)5-3-4-9-6-11(14(18)19)7-10(8-15)13(9)17/h6-8,17H,2,5H2,1H3. The predicted octanol–water partition coefficient (Wildman–Crippen LogP) is 1.42. The van der Waals surface area contributed by atoms with E-state index in [2.05, 4.69) is 16.6 Å². The van der Waals surface area contributed by atoms with Crippen molar-refractivity contribution in [1.29, 1.82) is 0 Å². The zero-order valence-corrected chi connectivity index (χ0v) is 10.6. The molecule has 7 heteroatoms. The van der Waals surface area contributed by atoms with Gasteiger partial charge in [-0.3, -0.25) is 19.7 Å². The normalized spacial score (nSPS) is 9.25. The number of hydrogen-bond donors (Lipinski definition) is 1. The van der Waals surface area contributed by atoms with Crippen LogP contribution in [-0.2, 0) is 9.53 Å². The SMILES string of the molecule is CCOC(=O)CC#Cc1cc([N+](=O)[O-])cc(C=O)c1O. The summed E-state index contributed by atoms with van der Waals surface area (Å²) < 4.78 is 4.65. The lowest BCUT2D eigenvalue weighted by atomic mass is 10.1. The number of nitrogens with zero attached hydrogens (tertiary/aromatic N) is 1. The first-order valence-corrected chi connectivity index (χ1v) is 5.60. The fourth-order valence-electron chi connectivity index (χ4n) is 1.36. The first-order chi connectivity index (χ1) is 9.49. The summed E-state index contributed by atoms with van der Waals surface area (Å²) in [4.78, 5) is 31.8. The quantitative estimate of drug-likeness (QED) is 0.293. The topological polar surface area (TPSA) is 107 Å². The monoisotopic (exact) mass is 277 g/mol. The molecule has 0 spiro atoms. The Morgan fingerprint density at radius 3 is 2.80 bits per heavy atom. The maximum Gasteiger partial charge on any atom is 0.317 e. The molecule has 1 aromatic rings. The van der Waals surface area contributed by atoms with Crippen molar-refractivity contribution in [3.8, 4) is 17.6 Å². The van der Waals surface area contributed by atoms with Gasteiger partial charge in [0.2, 0.25) is 0 Å². The number of hydrogen-bond acceptors (Lipinski definition) is 6. The minimum Gasteiger partial charge on any atom is -0.506 e. The number of ether oxygens (including phenoxy) is 1. The van der Waals surface area contributed by atoms with Crippen LogP contribution in [0.1, 0.15) is 29.3 Å². The van der Waals surface area contributed by atoms with E-state index in [1.807, 2.05) is 0 Å². The molecule has 0 amide bonds. The van der Waals surface area contributed by atoms with Crippen molar-refractivity contribution in [2.75, 3.05) is 6.61 Å². The van der Waals surface area contributed by atoms with Crippen molar-refractivity contribution < 1.29 is 24.4 Å². The van der Waals surface area contributed by atoms with E-state index in [1.165, 1.54) is 0 Å². The Labute approximate surface area is 114 Å². The summed E-state index contributed by atoms with van der Waals surface area (Å²) in [6.45, 7) is 1.87. The molecule has 104 valence electrons. The van der Waals surface area contributed by atoms with Crippen molar-refractivity contribution in [3.63, 3.8) is 0 Å². The van der Waals surface area contributed by atoms with Crippen LogP contribution in [0.5, 0.6) is 5.75 Å². The molecule has 1 N–H and O–H groups in total. The Bertz CT molecular complexity index is 611. The molecule has 0 atom stereocenters. The molecule has 0 radical (unpaired) electrons. The molecular weight excluding hydrogens is 266 g/mol. The number of carbonyl (C=O) groups is 2. The van der Waals surface area contributed by atoms with Crippen LogP contribution in [0.4, 0.5) is 5.69 Å². The number of aldehydes is 1. The van der Waals surface area contributed by atoms with Crippen molar-refractivity contribution >= 4 is 17.9 Å². The second kappa shape index (κ2) is 6.89. The van der Waals surface area contributed by atoms with E-state index in [9.17, 15) is 24.8 Å². The number of non-ortho nitro benzene ring substituents is 1. The van der Waals surface area contributed by atoms with Gasteiger partial charge >= 0.3 is 5.97 Å². The van der Waals surface area contributed by atoms with E-state index >= 15 is 0 Å². The summed E-state index contributed by atoms with van der Waals surface area (Å²) in [7, 11) is 0. The summed E-state index contributed by atoms with van der Waals surface area (Å²) in [6.07, 6.45) is 0.0747. The molecule has 0 heterocycles. The second-order valence-electron chi connectivity index (χ2n) is 3.59. The summed E-state index contributed by atoms with van der Waals surface area (Å²) in [5.41, 5.74) is -0.699. The molecule has 0 unspecified atom stereocenters. The molecule has 0 bridgehead atoms. The highest BCUT2D eigenvalue weighted by Gasteiger charge is 2.14. The van der Waals surface area contributed by atoms with Gasteiger partial charge in [0.25, 0.3) is 5.69 Å². The maximum absolute atomic E-state index is 11.1.